The van der Waals surface area contributed by atoms with E-state index in [-0.39, 0.29) is 11.7 Å². The molecule has 0 radical (unpaired) electrons. The number of fused-ring (bicyclic) bond motifs is 1. The van der Waals surface area contributed by atoms with Crippen LogP contribution >= 0.6 is 0 Å². The van der Waals surface area contributed by atoms with Crippen LogP contribution in [0.4, 0.5) is 0 Å². The van der Waals surface area contributed by atoms with Crippen LogP contribution in [-0.4, -0.2) is 56.6 Å². The van der Waals surface area contributed by atoms with Crippen molar-refractivity contribution in [2.45, 2.75) is 39.5 Å². The number of carbonyl (C=O) groups is 1. The zero-order valence-electron chi connectivity index (χ0n) is 13.9. The average Bonchev–Trinajstić information content (AvgIpc) is 2.97. The van der Waals surface area contributed by atoms with Crippen molar-refractivity contribution in [1.82, 2.24) is 29.8 Å². The molecular weight excluding hydrogens is 292 g/mol. The Balaban J connectivity index is 1.53. The number of nitrogens with one attached hydrogen (secondary N) is 1. The fourth-order valence-electron chi connectivity index (χ4n) is 3.03. The van der Waals surface area contributed by atoms with Crippen LogP contribution in [0.3, 0.4) is 0 Å². The van der Waals surface area contributed by atoms with Gasteiger partial charge in [0.25, 0.3) is 11.7 Å². The molecule has 0 saturated carbocycles. The zero-order chi connectivity index (χ0) is 16.2. The van der Waals surface area contributed by atoms with Gasteiger partial charge in [0.05, 0.1) is 0 Å². The van der Waals surface area contributed by atoms with Gasteiger partial charge in [-0.25, -0.2) is 9.50 Å². The van der Waals surface area contributed by atoms with E-state index in [2.05, 4.69) is 25.3 Å². The summed E-state index contributed by atoms with van der Waals surface area (Å²) >= 11 is 0. The van der Waals surface area contributed by atoms with E-state index < -0.39 is 0 Å². The van der Waals surface area contributed by atoms with Crippen molar-refractivity contribution in [2.24, 2.45) is 0 Å². The van der Waals surface area contributed by atoms with Gasteiger partial charge in [-0.1, -0.05) is 6.42 Å². The summed E-state index contributed by atoms with van der Waals surface area (Å²) in [6.07, 6.45) is 4.89. The highest BCUT2D eigenvalue weighted by Gasteiger charge is 2.15. The van der Waals surface area contributed by atoms with Crippen molar-refractivity contribution in [3.05, 3.63) is 23.3 Å². The highest BCUT2D eigenvalue weighted by atomic mass is 16.2. The standard InChI is InChI=1S/C16H24N6O/c1-12-11-13(2)22-16(18-12)19-14(20-22)15(23)17-7-6-10-21-8-4-3-5-9-21/h11H,3-10H2,1-2H3,(H,17,23). The van der Waals surface area contributed by atoms with E-state index in [1.54, 1.807) is 4.52 Å². The molecule has 1 N–H and O–H groups in total. The number of likely N-dealkylation sites (tertiary alicyclic amines) is 1. The van der Waals surface area contributed by atoms with Crippen molar-refractivity contribution >= 4 is 11.7 Å². The minimum absolute atomic E-state index is 0.184. The third-order valence-electron chi connectivity index (χ3n) is 4.21. The lowest BCUT2D eigenvalue weighted by Crippen LogP contribution is -2.33. The summed E-state index contributed by atoms with van der Waals surface area (Å²) in [7, 11) is 0. The number of rotatable bonds is 5. The molecule has 0 bridgehead atoms. The van der Waals surface area contributed by atoms with Crippen molar-refractivity contribution < 1.29 is 4.79 Å². The molecule has 3 rings (SSSR count). The summed E-state index contributed by atoms with van der Waals surface area (Å²) in [4.78, 5) is 23.2. The topological polar surface area (TPSA) is 75.4 Å². The highest BCUT2D eigenvalue weighted by Crippen LogP contribution is 2.08. The first-order valence-electron chi connectivity index (χ1n) is 8.35. The maximum absolute atomic E-state index is 12.2. The maximum atomic E-state index is 12.2. The Morgan fingerprint density at radius 2 is 2.00 bits per heavy atom. The molecule has 1 aliphatic heterocycles. The molecule has 1 saturated heterocycles. The van der Waals surface area contributed by atoms with Crippen molar-refractivity contribution in [3.8, 4) is 0 Å². The third kappa shape index (κ3) is 3.85. The van der Waals surface area contributed by atoms with Gasteiger partial charge >= 0.3 is 0 Å². The molecule has 0 atom stereocenters. The molecule has 0 spiro atoms. The summed E-state index contributed by atoms with van der Waals surface area (Å²) < 4.78 is 1.61. The maximum Gasteiger partial charge on any atom is 0.291 e. The van der Waals surface area contributed by atoms with Gasteiger partial charge in [-0.05, 0) is 58.8 Å². The first-order valence-corrected chi connectivity index (χ1v) is 8.35. The molecular formula is C16H24N6O. The van der Waals surface area contributed by atoms with Gasteiger partial charge in [-0.3, -0.25) is 4.79 Å². The molecule has 1 aliphatic rings. The van der Waals surface area contributed by atoms with E-state index in [1.807, 2.05) is 19.9 Å². The molecule has 23 heavy (non-hydrogen) atoms. The Labute approximate surface area is 136 Å². The third-order valence-corrected chi connectivity index (χ3v) is 4.21. The van der Waals surface area contributed by atoms with Gasteiger partial charge in [0.2, 0.25) is 5.82 Å². The number of amides is 1. The zero-order valence-corrected chi connectivity index (χ0v) is 13.9. The van der Waals surface area contributed by atoms with Crippen molar-refractivity contribution in [2.75, 3.05) is 26.2 Å². The number of hydrogen-bond acceptors (Lipinski definition) is 5. The molecule has 1 amide bonds. The molecule has 7 nitrogen and oxygen atoms in total. The van der Waals surface area contributed by atoms with Crippen LogP contribution in [0.5, 0.6) is 0 Å². The number of aryl methyl sites for hydroxylation is 2. The van der Waals surface area contributed by atoms with E-state index in [0.29, 0.717) is 12.3 Å². The summed E-state index contributed by atoms with van der Waals surface area (Å²) in [5.41, 5.74) is 1.79. The highest BCUT2D eigenvalue weighted by molar-refractivity contribution is 5.90. The second-order valence-corrected chi connectivity index (χ2v) is 6.20. The first kappa shape index (κ1) is 15.9. The molecule has 0 aliphatic carbocycles. The quantitative estimate of drug-likeness (QED) is 0.843. The predicted octanol–water partition coefficient (Wildman–Crippen LogP) is 1.35. The van der Waals surface area contributed by atoms with E-state index in [9.17, 15) is 4.79 Å². The minimum Gasteiger partial charge on any atom is -0.349 e. The average molecular weight is 316 g/mol. The van der Waals surface area contributed by atoms with Gasteiger partial charge in [0.15, 0.2) is 0 Å². The Bertz CT molecular complexity index is 689. The second kappa shape index (κ2) is 7.04. The molecule has 3 heterocycles. The van der Waals surface area contributed by atoms with Crippen LogP contribution in [0.1, 0.15) is 47.7 Å². The first-order chi connectivity index (χ1) is 11.1. The SMILES string of the molecule is Cc1cc(C)n2nc(C(=O)NCCCN3CCCCC3)nc2n1. The van der Waals surface area contributed by atoms with E-state index in [0.717, 1.165) is 24.4 Å². The number of hydrogen-bond donors (Lipinski definition) is 1. The molecule has 0 unspecified atom stereocenters. The normalized spacial score (nSPS) is 15.9. The van der Waals surface area contributed by atoms with E-state index >= 15 is 0 Å². The van der Waals surface area contributed by atoms with Gasteiger partial charge in [-0.15, -0.1) is 5.10 Å². The van der Waals surface area contributed by atoms with Crippen LogP contribution in [-0.2, 0) is 0 Å². The van der Waals surface area contributed by atoms with Gasteiger partial charge < -0.3 is 10.2 Å². The van der Waals surface area contributed by atoms with Gasteiger partial charge in [-0.2, -0.15) is 4.98 Å². The van der Waals surface area contributed by atoms with Crippen LogP contribution < -0.4 is 5.32 Å². The minimum atomic E-state index is -0.230. The lowest BCUT2D eigenvalue weighted by Gasteiger charge is -2.26. The number of carbonyl (C=O) groups excluding carboxylic acids is 1. The number of nitrogens with zero attached hydrogens (tertiary/aromatic N) is 5. The van der Waals surface area contributed by atoms with Crippen LogP contribution in [0.2, 0.25) is 0 Å². The van der Waals surface area contributed by atoms with Gasteiger partial charge in [0.1, 0.15) is 0 Å². The van der Waals surface area contributed by atoms with E-state index in [4.69, 9.17) is 0 Å². The predicted molar refractivity (Wildman–Crippen MR) is 87.5 cm³/mol. The van der Waals surface area contributed by atoms with Crippen LogP contribution in [0.15, 0.2) is 6.07 Å². The Hall–Kier alpha value is -2.02. The second-order valence-electron chi connectivity index (χ2n) is 6.20. The van der Waals surface area contributed by atoms with Crippen LogP contribution in [0.25, 0.3) is 5.78 Å². The molecule has 2 aromatic heterocycles. The van der Waals surface area contributed by atoms with E-state index in [1.165, 1.54) is 32.4 Å². The monoisotopic (exact) mass is 316 g/mol. The Morgan fingerprint density at radius 3 is 2.78 bits per heavy atom. The lowest BCUT2D eigenvalue weighted by atomic mass is 10.1. The fourth-order valence-corrected chi connectivity index (χ4v) is 3.03. The number of piperidine rings is 1. The Morgan fingerprint density at radius 1 is 1.22 bits per heavy atom. The van der Waals surface area contributed by atoms with Crippen LogP contribution in [0, 0.1) is 13.8 Å². The largest absolute Gasteiger partial charge is 0.349 e. The summed E-state index contributed by atoms with van der Waals surface area (Å²) in [6.45, 7) is 7.90. The number of aromatic nitrogens is 4. The molecule has 2 aromatic rings. The summed E-state index contributed by atoms with van der Waals surface area (Å²) in [6, 6.07) is 1.92. The van der Waals surface area contributed by atoms with Crippen molar-refractivity contribution in [3.63, 3.8) is 0 Å². The van der Waals surface area contributed by atoms with Crippen molar-refractivity contribution in [1.29, 1.82) is 0 Å². The molecule has 0 aromatic carbocycles. The fraction of sp³-hybridized carbons (Fsp3) is 0.625. The summed E-state index contributed by atoms with van der Waals surface area (Å²) in [5.74, 6) is 0.427. The molecule has 124 valence electrons. The summed E-state index contributed by atoms with van der Waals surface area (Å²) in [5, 5.41) is 7.14. The molecule has 1 fully saturated rings. The Kier molecular flexibility index (Phi) is 4.85. The smallest absolute Gasteiger partial charge is 0.291 e. The lowest BCUT2D eigenvalue weighted by molar-refractivity contribution is 0.0941. The van der Waals surface area contributed by atoms with Gasteiger partial charge in [0, 0.05) is 17.9 Å². The molecule has 7 heteroatoms.